The summed E-state index contributed by atoms with van der Waals surface area (Å²) < 4.78 is 44.8. The predicted octanol–water partition coefficient (Wildman–Crippen LogP) is 7.31. The number of nitro groups is 1. The number of benzene rings is 4. The van der Waals surface area contributed by atoms with Crippen LogP contribution in [0.4, 0.5) is 24.5 Å². The molecule has 0 spiro atoms. The van der Waals surface area contributed by atoms with Crippen molar-refractivity contribution >= 4 is 28.4 Å². The molecule has 0 atom stereocenters. The Morgan fingerprint density at radius 1 is 0.875 bits per heavy atom. The Morgan fingerprint density at radius 2 is 1.56 bits per heavy atom. The van der Waals surface area contributed by atoms with E-state index < -0.39 is 22.4 Å². The van der Waals surface area contributed by atoms with Crippen LogP contribution in [-0.4, -0.2) is 11.1 Å². The van der Waals surface area contributed by atoms with E-state index in [2.05, 4.69) is 4.99 Å². The van der Waals surface area contributed by atoms with Gasteiger partial charge in [0.05, 0.1) is 16.2 Å². The van der Waals surface area contributed by atoms with Crippen LogP contribution in [0, 0.1) is 10.1 Å². The SMILES string of the molecule is O=[N+]([O-])c1cc(C(F)(F)F)ccc1Oc1ccc2ccccc2c1C=Nc1ccccc1. The van der Waals surface area contributed by atoms with Crippen molar-refractivity contribution in [3.63, 3.8) is 0 Å². The molecule has 0 heterocycles. The second-order valence-corrected chi connectivity index (χ2v) is 6.83. The number of nitro benzene ring substituents is 1. The van der Waals surface area contributed by atoms with Crippen molar-refractivity contribution in [3.05, 3.63) is 106 Å². The molecular formula is C24H15F3N2O3. The molecule has 0 aliphatic heterocycles. The van der Waals surface area contributed by atoms with Crippen molar-refractivity contribution in [1.29, 1.82) is 0 Å². The average Bonchev–Trinajstić information content (AvgIpc) is 2.78. The molecule has 0 amide bonds. The van der Waals surface area contributed by atoms with Gasteiger partial charge in [-0.2, -0.15) is 13.2 Å². The van der Waals surface area contributed by atoms with Crippen molar-refractivity contribution in [1.82, 2.24) is 0 Å². The number of halogens is 3. The number of rotatable bonds is 5. The molecule has 0 aliphatic rings. The van der Waals surface area contributed by atoms with Gasteiger partial charge in [0, 0.05) is 17.8 Å². The molecule has 4 rings (SSSR count). The Bertz CT molecular complexity index is 1320. The molecule has 0 unspecified atom stereocenters. The smallest absolute Gasteiger partial charge is 0.416 e. The van der Waals surface area contributed by atoms with E-state index >= 15 is 0 Å². The maximum Gasteiger partial charge on any atom is 0.416 e. The van der Waals surface area contributed by atoms with Gasteiger partial charge in [0.25, 0.3) is 0 Å². The Morgan fingerprint density at radius 3 is 2.28 bits per heavy atom. The van der Waals surface area contributed by atoms with Gasteiger partial charge < -0.3 is 4.74 Å². The Labute approximate surface area is 180 Å². The number of alkyl halides is 3. The summed E-state index contributed by atoms with van der Waals surface area (Å²) >= 11 is 0. The predicted molar refractivity (Wildman–Crippen MR) is 116 cm³/mol. The lowest BCUT2D eigenvalue weighted by Crippen LogP contribution is -2.06. The molecule has 0 aromatic heterocycles. The van der Waals surface area contributed by atoms with Gasteiger partial charge in [0.15, 0.2) is 0 Å². The molecule has 0 N–H and O–H groups in total. The number of hydrogen-bond donors (Lipinski definition) is 0. The molecule has 0 bridgehead atoms. The van der Waals surface area contributed by atoms with Crippen LogP contribution >= 0.6 is 0 Å². The second-order valence-electron chi connectivity index (χ2n) is 6.83. The van der Waals surface area contributed by atoms with Crippen LogP contribution in [-0.2, 0) is 6.18 Å². The molecular weight excluding hydrogens is 421 g/mol. The first-order valence-corrected chi connectivity index (χ1v) is 9.47. The van der Waals surface area contributed by atoms with Crippen LogP contribution in [0.3, 0.4) is 0 Å². The topological polar surface area (TPSA) is 64.7 Å². The van der Waals surface area contributed by atoms with Gasteiger partial charge in [0.1, 0.15) is 5.75 Å². The minimum absolute atomic E-state index is 0.228. The minimum atomic E-state index is -4.71. The number of nitrogens with zero attached hydrogens (tertiary/aromatic N) is 2. The highest BCUT2D eigenvalue weighted by molar-refractivity contribution is 6.03. The first-order chi connectivity index (χ1) is 15.3. The zero-order valence-electron chi connectivity index (χ0n) is 16.4. The number of hydrogen-bond acceptors (Lipinski definition) is 4. The molecule has 4 aromatic rings. The molecule has 32 heavy (non-hydrogen) atoms. The van der Waals surface area contributed by atoms with Gasteiger partial charge in [0.2, 0.25) is 5.75 Å². The van der Waals surface area contributed by atoms with E-state index in [1.165, 1.54) is 0 Å². The largest absolute Gasteiger partial charge is 0.449 e. The van der Waals surface area contributed by atoms with Gasteiger partial charge in [-0.05, 0) is 41.1 Å². The van der Waals surface area contributed by atoms with Crippen molar-refractivity contribution in [2.24, 2.45) is 4.99 Å². The van der Waals surface area contributed by atoms with Crippen molar-refractivity contribution in [3.8, 4) is 11.5 Å². The molecule has 5 nitrogen and oxygen atoms in total. The Hall–Kier alpha value is -4.20. The maximum absolute atomic E-state index is 13.0. The highest BCUT2D eigenvalue weighted by atomic mass is 19.4. The van der Waals surface area contributed by atoms with E-state index in [1.807, 2.05) is 54.6 Å². The zero-order valence-corrected chi connectivity index (χ0v) is 16.4. The average molecular weight is 436 g/mol. The van der Waals surface area contributed by atoms with Crippen LogP contribution in [0.25, 0.3) is 10.8 Å². The van der Waals surface area contributed by atoms with Crippen LogP contribution in [0.2, 0.25) is 0 Å². The third-order valence-electron chi connectivity index (χ3n) is 4.73. The number of ether oxygens (including phenoxy) is 1. The Balaban J connectivity index is 1.82. The van der Waals surface area contributed by atoms with Gasteiger partial charge in [-0.1, -0.05) is 48.5 Å². The molecule has 160 valence electrons. The number of para-hydroxylation sites is 1. The Kier molecular flexibility index (Phi) is 5.59. The van der Waals surface area contributed by atoms with E-state index in [0.29, 0.717) is 17.3 Å². The van der Waals surface area contributed by atoms with Crippen molar-refractivity contribution in [2.45, 2.75) is 6.18 Å². The van der Waals surface area contributed by atoms with Gasteiger partial charge in [-0.25, -0.2) is 0 Å². The van der Waals surface area contributed by atoms with E-state index in [4.69, 9.17) is 4.74 Å². The third kappa shape index (κ3) is 4.44. The highest BCUT2D eigenvalue weighted by Crippen LogP contribution is 2.39. The summed E-state index contributed by atoms with van der Waals surface area (Å²) in [5.74, 6) is -0.0705. The summed E-state index contributed by atoms with van der Waals surface area (Å²) in [7, 11) is 0. The zero-order chi connectivity index (χ0) is 22.7. The van der Waals surface area contributed by atoms with Crippen molar-refractivity contribution in [2.75, 3.05) is 0 Å². The minimum Gasteiger partial charge on any atom is -0.449 e. The van der Waals surface area contributed by atoms with Crippen LogP contribution in [0.15, 0.2) is 89.9 Å². The van der Waals surface area contributed by atoms with Gasteiger partial charge in [-0.3, -0.25) is 15.1 Å². The van der Waals surface area contributed by atoms with E-state index in [0.717, 1.165) is 22.9 Å². The van der Waals surface area contributed by atoms with E-state index in [-0.39, 0.29) is 11.5 Å². The summed E-state index contributed by atoms with van der Waals surface area (Å²) in [5.41, 5.74) is -0.673. The van der Waals surface area contributed by atoms with Gasteiger partial charge in [-0.15, -0.1) is 0 Å². The van der Waals surface area contributed by atoms with Crippen LogP contribution in [0.5, 0.6) is 11.5 Å². The monoisotopic (exact) mass is 436 g/mol. The lowest BCUT2D eigenvalue weighted by Gasteiger charge is -2.13. The van der Waals surface area contributed by atoms with Crippen LogP contribution in [0.1, 0.15) is 11.1 Å². The molecule has 8 heteroatoms. The number of aliphatic imine (C=N–C) groups is 1. The van der Waals surface area contributed by atoms with Crippen LogP contribution < -0.4 is 4.74 Å². The van der Waals surface area contributed by atoms with Crippen molar-refractivity contribution < 1.29 is 22.8 Å². The first-order valence-electron chi connectivity index (χ1n) is 9.47. The second kappa shape index (κ2) is 8.50. The first kappa shape index (κ1) is 21.0. The summed E-state index contributed by atoms with van der Waals surface area (Å²) in [4.78, 5) is 15.0. The molecule has 0 saturated carbocycles. The molecule has 0 radical (unpaired) electrons. The molecule has 0 saturated heterocycles. The summed E-state index contributed by atoms with van der Waals surface area (Å²) in [6.07, 6.45) is -3.14. The summed E-state index contributed by atoms with van der Waals surface area (Å²) in [6.45, 7) is 0. The fourth-order valence-electron chi connectivity index (χ4n) is 3.19. The summed E-state index contributed by atoms with van der Waals surface area (Å²) in [5, 5.41) is 13.1. The molecule has 0 fully saturated rings. The van der Waals surface area contributed by atoms with E-state index in [1.54, 1.807) is 18.3 Å². The normalized spacial score (nSPS) is 11.7. The lowest BCUT2D eigenvalue weighted by molar-refractivity contribution is -0.385. The number of fused-ring (bicyclic) bond motifs is 1. The standard InChI is InChI=1S/C24H15F3N2O3/c25-24(26,27)17-11-13-23(21(14-17)29(30)31)32-22-12-10-16-6-4-5-9-19(16)20(22)15-28-18-7-2-1-3-8-18/h1-15H. The highest BCUT2D eigenvalue weighted by Gasteiger charge is 2.33. The fourth-order valence-corrected chi connectivity index (χ4v) is 3.19. The molecule has 0 aliphatic carbocycles. The third-order valence-corrected chi connectivity index (χ3v) is 4.73. The lowest BCUT2D eigenvalue weighted by atomic mass is 10.0. The quantitative estimate of drug-likeness (QED) is 0.187. The maximum atomic E-state index is 13.0. The van der Waals surface area contributed by atoms with Gasteiger partial charge >= 0.3 is 11.9 Å². The molecule has 4 aromatic carbocycles. The fraction of sp³-hybridized carbons (Fsp3) is 0.0417. The summed E-state index contributed by atoms with van der Waals surface area (Å²) in [6, 6.07) is 22.1. The van der Waals surface area contributed by atoms with E-state index in [9.17, 15) is 23.3 Å².